The quantitative estimate of drug-likeness (QED) is 0.667. The Morgan fingerprint density at radius 2 is 1.38 bits per heavy atom. The van der Waals surface area contributed by atoms with Gasteiger partial charge >= 0.3 is 0 Å². The number of sulfonamides is 1. The number of anilines is 1. The molecule has 0 atom stereocenters. The zero-order valence-electron chi connectivity index (χ0n) is 14.7. The molecule has 0 spiro atoms. The minimum atomic E-state index is -3.80. The lowest BCUT2D eigenvalue weighted by Gasteiger charge is -2.15. The van der Waals surface area contributed by atoms with Crippen molar-refractivity contribution in [3.05, 3.63) is 60.7 Å². The van der Waals surface area contributed by atoms with E-state index in [2.05, 4.69) is 4.72 Å². The third-order valence-corrected chi connectivity index (χ3v) is 5.29. The maximum atomic E-state index is 13.0. The summed E-state index contributed by atoms with van der Waals surface area (Å²) in [4.78, 5) is 0.197. The Bertz CT molecular complexity index is 1020. The van der Waals surface area contributed by atoms with Crippen LogP contribution in [0.25, 0.3) is 10.8 Å². The van der Waals surface area contributed by atoms with Gasteiger partial charge in [0.05, 0.1) is 23.8 Å². The minimum absolute atomic E-state index is 0.197. The fourth-order valence-corrected chi connectivity index (χ4v) is 4.07. The second kappa shape index (κ2) is 7.66. The van der Waals surface area contributed by atoms with Crippen molar-refractivity contribution in [3.8, 4) is 11.5 Å². The fourth-order valence-electron chi connectivity index (χ4n) is 2.79. The maximum absolute atomic E-state index is 13.0. The maximum Gasteiger partial charge on any atom is 0.262 e. The first-order chi connectivity index (χ1) is 12.6. The van der Waals surface area contributed by atoms with Gasteiger partial charge in [-0.15, -0.1) is 0 Å². The van der Waals surface area contributed by atoms with Gasteiger partial charge in [-0.3, -0.25) is 4.72 Å². The average molecular weight is 371 g/mol. The van der Waals surface area contributed by atoms with Gasteiger partial charge in [-0.2, -0.15) is 0 Å². The highest BCUT2D eigenvalue weighted by Gasteiger charge is 2.20. The largest absolute Gasteiger partial charge is 0.493 e. The Morgan fingerprint density at radius 3 is 2.12 bits per heavy atom. The van der Waals surface area contributed by atoms with Crippen molar-refractivity contribution in [2.75, 3.05) is 17.9 Å². The molecule has 1 N–H and O–H groups in total. The summed E-state index contributed by atoms with van der Waals surface area (Å²) in [5.41, 5.74) is 0.410. The van der Waals surface area contributed by atoms with Crippen molar-refractivity contribution < 1.29 is 17.9 Å². The lowest BCUT2D eigenvalue weighted by atomic mass is 10.1. The highest BCUT2D eigenvalue weighted by molar-refractivity contribution is 7.93. The molecule has 0 aliphatic heterocycles. The van der Waals surface area contributed by atoms with Crippen LogP contribution in [-0.4, -0.2) is 21.6 Å². The highest BCUT2D eigenvalue weighted by atomic mass is 32.2. The molecular weight excluding hydrogens is 350 g/mol. The smallest absolute Gasteiger partial charge is 0.262 e. The molecule has 6 heteroatoms. The van der Waals surface area contributed by atoms with Crippen LogP contribution < -0.4 is 14.2 Å². The highest BCUT2D eigenvalue weighted by Crippen LogP contribution is 2.33. The van der Waals surface area contributed by atoms with Crippen LogP contribution in [0.3, 0.4) is 0 Å². The molecule has 3 aromatic rings. The number of ether oxygens (including phenoxy) is 2. The molecule has 0 unspecified atom stereocenters. The Balaban J connectivity index is 2.07. The summed E-state index contributed by atoms with van der Waals surface area (Å²) >= 11 is 0. The van der Waals surface area contributed by atoms with Gasteiger partial charge in [0.1, 0.15) is 11.5 Å². The molecule has 3 rings (SSSR count). The summed E-state index contributed by atoms with van der Waals surface area (Å²) in [5.74, 6) is 1.16. The summed E-state index contributed by atoms with van der Waals surface area (Å²) in [7, 11) is -3.80. The van der Waals surface area contributed by atoms with Gasteiger partial charge in [0.25, 0.3) is 10.0 Å². The molecule has 0 bridgehead atoms. The van der Waals surface area contributed by atoms with Crippen molar-refractivity contribution in [2.45, 2.75) is 18.7 Å². The van der Waals surface area contributed by atoms with E-state index in [1.54, 1.807) is 42.5 Å². The van der Waals surface area contributed by atoms with E-state index < -0.39 is 10.0 Å². The van der Waals surface area contributed by atoms with Crippen LogP contribution in [-0.2, 0) is 10.0 Å². The lowest BCUT2D eigenvalue weighted by molar-refractivity contribution is 0.342. The molecule has 3 aromatic carbocycles. The van der Waals surface area contributed by atoms with Crippen LogP contribution in [0.15, 0.2) is 65.6 Å². The zero-order valence-corrected chi connectivity index (χ0v) is 15.5. The van der Waals surface area contributed by atoms with Gasteiger partial charge in [0.15, 0.2) is 0 Å². The molecule has 136 valence electrons. The Morgan fingerprint density at radius 1 is 0.769 bits per heavy atom. The first-order valence-corrected chi connectivity index (χ1v) is 9.94. The van der Waals surface area contributed by atoms with Crippen molar-refractivity contribution in [2.24, 2.45) is 0 Å². The van der Waals surface area contributed by atoms with Gasteiger partial charge in [-0.05, 0) is 38.1 Å². The van der Waals surface area contributed by atoms with Crippen molar-refractivity contribution >= 4 is 26.5 Å². The molecular formula is C20H21NO4S. The van der Waals surface area contributed by atoms with Gasteiger partial charge in [-0.1, -0.05) is 36.4 Å². The Hall–Kier alpha value is -2.73. The summed E-state index contributed by atoms with van der Waals surface area (Å²) < 4.78 is 39.8. The van der Waals surface area contributed by atoms with Crippen LogP contribution >= 0.6 is 0 Å². The predicted molar refractivity (Wildman–Crippen MR) is 104 cm³/mol. The number of rotatable bonds is 7. The molecule has 5 nitrogen and oxygen atoms in total. The SMILES string of the molecule is CCOc1ccccc1NS(=O)(=O)c1ccc(OCC)c2ccccc12. The lowest BCUT2D eigenvalue weighted by Crippen LogP contribution is -2.14. The number of fused-ring (bicyclic) bond motifs is 1. The first kappa shape index (κ1) is 18.1. The van der Waals surface area contributed by atoms with E-state index in [1.807, 2.05) is 32.0 Å². The molecule has 0 aliphatic rings. The van der Waals surface area contributed by atoms with Gasteiger partial charge in [0, 0.05) is 10.8 Å². The average Bonchev–Trinajstić information content (AvgIpc) is 2.63. The van der Waals surface area contributed by atoms with Crippen LogP contribution in [0.1, 0.15) is 13.8 Å². The van der Waals surface area contributed by atoms with Crippen molar-refractivity contribution in [1.29, 1.82) is 0 Å². The number of benzene rings is 3. The van der Waals surface area contributed by atoms with E-state index in [0.717, 1.165) is 5.39 Å². The molecule has 0 heterocycles. The van der Waals surface area contributed by atoms with E-state index in [-0.39, 0.29) is 4.90 Å². The standard InChI is InChI=1S/C20H21NO4S/c1-3-24-18-13-14-20(16-10-6-5-9-15(16)18)26(22,23)21-17-11-7-8-12-19(17)25-4-2/h5-14,21H,3-4H2,1-2H3. The molecule has 0 saturated carbocycles. The van der Waals surface area contributed by atoms with Crippen molar-refractivity contribution in [3.63, 3.8) is 0 Å². The first-order valence-electron chi connectivity index (χ1n) is 8.46. The van der Waals surface area contributed by atoms with Crippen LogP contribution in [0.2, 0.25) is 0 Å². The number of hydrogen-bond acceptors (Lipinski definition) is 4. The Labute approximate surface area is 153 Å². The predicted octanol–water partition coefficient (Wildman–Crippen LogP) is 4.44. The molecule has 26 heavy (non-hydrogen) atoms. The molecule has 0 fully saturated rings. The molecule has 0 aromatic heterocycles. The van der Waals surface area contributed by atoms with E-state index in [4.69, 9.17) is 9.47 Å². The Kier molecular flexibility index (Phi) is 5.32. The number of nitrogens with one attached hydrogen (secondary N) is 1. The van der Waals surface area contributed by atoms with Gasteiger partial charge in [-0.25, -0.2) is 8.42 Å². The van der Waals surface area contributed by atoms with E-state index >= 15 is 0 Å². The number of para-hydroxylation sites is 2. The van der Waals surface area contributed by atoms with Crippen LogP contribution in [0, 0.1) is 0 Å². The fraction of sp³-hybridized carbons (Fsp3) is 0.200. The van der Waals surface area contributed by atoms with Gasteiger partial charge < -0.3 is 9.47 Å². The summed E-state index contributed by atoms with van der Waals surface area (Å²) in [6, 6.07) is 17.5. The molecule has 0 aliphatic carbocycles. The second-order valence-corrected chi connectivity index (χ2v) is 7.23. The molecule has 0 amide bonds. The minimum Gasteiger partial charge on any atom is -0.493 e. The summed E-state index contributed by atoms with van der Waals surface area (Å²) in [6.07, 6.45) is 0. The second-order valence-electron chi connectivity index (χ2n) is 5.58. The molecule has 0 radical (unpaired) electrons. The monoisotopic (exact) mass is 371 g/mol. The van der Waals surface area contributed by atoms with E-state index in [1.165, 1.54) is 0 Å². The van der Waals surface area contributed by atoms with E-state index in [9.17, 15) is 8.42 Å². The van der Waals surface area contributed by atoms with Crippen LogP contribution in [0.4, 0.5) is 5.69 Å². The van der Waals surface area contributed by atoms with Crippen LogP contribution in [0.5, 0.6) is 11.5 Å². The molecule has 0 saturated heterocycles. The van der Waals surface area contributed by atoms with E-state index in [0.29, 0.717) is 35.8 Å². The third-order valence-electron chi connectivity index (χ3n) is 3.86. The summed E-state index contributed by atoms with van der Waals surface area (Å²) in [5, 5.41) is 1.37. The van der Waals surface area contributed by atoms with Gasteiger partial charge in [0.2, 0.25) is 0 Å². The zero-order chi connectivity index (χ0) is 18.6. The topological polar surface area (TPSA) is 64.6 Å². The third kappa shape index (κ3) is 3.60. The normalized spacial score (nSPS) is 11.3. The summed E-state index contributed by atoms with van der Waals surface area (Å²) in [6.45, 7) is 4.71. The number of hydrogen-bond donors (Lipinski definition) is 1. The van der Waals surface area contributed by atoms with Crippen molar-refractivity contribution in [1.82, 2.24) is 0 Å².